The van der Waals surface area contributed by atoms with E-state index in [1.54, 1.807) is 18.2 Å². The fourth-order valence-electron chi connectivity index (χ4n) is 5.35. The lowest BCUT2D eigenvalue weighted by molar-refractivity contribution is 0.156. The van der Waals surface area contributed by atoms with Gasteiger partial charge < -0.3 is 19.1 Å². The number of pyridine rings is 1. The number of benzene rings is 2. The molecule has 6 heteroatoms. The van der Waals surface area contributed by atoms with Crippen molar-refractivity contribution in [1.29, 1.82) is 0 Å². The summed E-state index contributed by atoms with van der Waals surface area (Å²) in [6.07, 6.45) is 2.04. The maximum Gasteiger partial charge on any atom is 0.188 e. The Morgan fingerprint density at radius 1 is 1.09 bits per heavy atom. The average Bonchev–Trinajstić information content (AvgIpc) is 3.28. The number of ether oxygens (including phenoxy) is 2. The number of hydrogen-bond acceptors (Lipinski definition) is 4. The molecule has 33 heavy (non-hydrogen) atoms. The highest BCUT2D eigenvalue weighted by molar-refractivity contribution is 5.83. The SMILES string of the molecule is CC(C)(C)[C@@H]1Cc2c(cc(-c3ccc(F)cc3)c3c2CCO3)-c2cc(=O)c(C3OC3O)cn21. The molecule has 0 radical (unpaired) electrons. The van der Waals surface area contributed by atoms with Crippen molar-refractivity contribution in [2.45, 2.75) is 52.0 Å². The van der Waals surface area contributed by atoms with E-state index in [1.165, 1.54) is 23.3 Å². The molecule has 0 aliphatic carbocycles. The molecule has 3 aliphatic rings. The number of rotatable bonds is 2. The summed E-state index contributed by atoms with van der Waals surface area (Å²) in [5.41, 5.74) is 6.38. The molecular weight excluding hydrogens is 421 g/mol. The van der Waals surface area contributed by atoms with E-state index < -0.39 is 12.4 Å². The molecule has 170 valence electrons. The Hall–Kier alpha value is -2.96. The van der Waals surface area contributed by atoms with E-state index in [2.05, 4.69) is 31.4 Å². The van der Waals surface area contributed by atoms with Crippen molar-refractivity contribution in [3.63, 3.8) is 0 Å². The molecular formula is C27H26FNO4. The standard InChI is InChI=1S/C27H26FNO4/c1-27(2,3)23-11-18-16-8-9-32-24(16)17(14-4-6-15(28)7-5-14)10-19(18)21-12-22(30)20(13-29(21)23)25-26(31)33-25/h4-7,10,12-13,23,25-26,31H,8-9,11H2,1-3H3/t23-,25?,26?/m0/s1. The molecule has 2 unspecified atom stereocenters. The Balaban J connectivity index is 1.61. The van der Waals surface area contributed by atoms with Gasteiger partial charge in [-0.25, -0.2) is 4.39 Å². The van der Waals surface area contributed by atoms with E-state index in [0.717, 1.165) is 41.0 Å². The smallest absolute Gasteiger partial charge is 0.188 e. The molecule has 0 bridgehead atoms. The van der Waals surface area contributed by atoms with Crippen LogP contribution >= 0.6 is 0 Å². The van der Waals surface area contributed by atoms with E-state index in [1.807, 2.05) is 6.20 Å². The van der Waals surface area contributed by atoms with Gasteiger partial charge in [-0.1, -0.05) is 32.9 Å². The zero-order valence-electron chi connectivity index (χ0n) is 18.9. The molecule has 1 saturated heterocycles. The van der Waals surface area contributed by atoms with Crippen LogP contribution in [-0.2, 0) is 17.6 Å². The fourth-order valence-corrected chi connectivity index (χ4v) is 5.35. The summed E-state index contributed by atoms with van der Waals surface area (Å²) in [5.74, 6) is 0.589. The van der Waals surface area contributed by atoms with Crippen molar-refractivity contribution in [3.05, 3.63) is 75.3 Å². The van der Waals surface area contributed by atoms with Gasteiger partial charge in [-0.2, -0.15) is 0 Å². The first-order valence-corrected chi connectivity index (χ1v) is 11.4. The lowest BCUT2D eigenvalue weighted by Gasteiger charge is -2.40. The Morgan fingerprint density at radius 2 is 1.82 bits per heavy atom. The van der Waals surface area contributed by atoms with Crippen LogP contribution in [0.1, 0.15) is 49.6 Å². The second-order valence-electron chi connectivity index (χ2n) is 10.3. The van der Waals surface area contributed by atoms with Gasteiger partial charge in [0.2, 0.25) is 0 Å². The topological polar surface area (TPSA) is 64.0 Å². The van der Waals surface area contributed by atoms with Crippen LogP contribution in [0.2, 0.25) is 0 Å². The summed E-state index contributed by atoms with van der Waals surface area (Å²) in [6.45, 7) is 7.23. The van der Waals surface area contributed by atoms with Crippen LogP contribution in [0.5, 0.6) is 5.75 Å². The number of fused-ring (bicyclic) bond motifs is 5. The number of aromatic nitrogens is 1. The first-order chi connectivity index (χ1) is 15.7. The summed E-state index contributed by atoms with van der Waals surface area (Å²) in [5, 5.41) is 9.77. The third kappa shape index (κ3) is 3.23. The zero-order valence-corrected chi connectivity index (χ0v) is 18.9. The van der Waals surface area contributed by atoms with E-state index in [9.17, 15) is 14.3 Å². The zero-order chi connectivity index (χ0) is 23.1. The highest BCUT2D eigenvalue weighted by Crippen LogP contribution is 2.50. The summed E-state index contributed by atoms with van der Waals surface area (Å²) in [7, 11) is 0. The summed E-state index contributed by atoms with van der Waals surface area (Å²) in [4.78, 5) is 13.0. The monoisotopic (exact) mass is 447 g/mol. The molecule has 4 heterocycles. The molecule has 6 rings (SSSR count). The van der Waals surface area contributed by atoms with Crippen molar-refractivity contribution in [2.75, 3.05) is 6.61 Å². The summed E-state index contributed by atoms with van der Waals surface area (Å²) >= 11 is 0. The maximum atomic E-state index is 13.6. The predicted octanol–water partition coefficient (Wildman–Crippen LogP) is 4.79. The first-order valence-electron chi connectivity index (χ1n) is 11.4. The minimum Gasteiger partial charge on any atom is -0.492 e. The average molecular weight is 448 g/mol. The van der Waals surface area contributed by atoms with Crippen LogP contribution in [0.3, 0.4) is 0 Å². The molecule has 2 aromatic carbocycles. The van der Waals surface area contributed by atoms with Crippen molar-refractivity contribution in [1.82, 2.24) is 4.57 Å². The van der Waals surface area contributed by atoms with E-state index >= 15 is 0 Å². The highest BCUT2D eigenvalue weighted by Gasteiger charge is 2.42. The van der Waals surface area contributed by atoms with Gasteiger partial charge in [-0.15, -0.1) is 0 Å². The fraction of sp³-hybridized carbons (Fsp3) is 0.370. The number of halogens is 1. The minimum atomic E-state index is -0.911. The molecule has 1 N–H and O–H groups in total. The van der Waals surface area contributed by atoms with Crippen LogP contribution in [-0.4, -0.2) is 22.6 Å². The van der Waals surface area contributed by atoms with Gasteiger partial charge in [0, 0.05) is 47.0 Å². The van der Waals surface area contributed by atoms with Crippen molar-refractivity contribution in [2.24, 2.45) is 5.41 Å². The number of aliphatic hydroxyl groups excluding tert-OH is 1. The van der Waals surface area contributed by atoms with Gasteiger partial charge in [0.1, 0.15) is 17.7 Å². The van der Waals surface area contributed by atoms with Gasteiger partial charge in [0.05, 0.1) is 12.3 Å². The molecule has 3 aromatic rings. The van der Waals surface area contributed by atoms with Crippen molar-refractivity contribution >= 4 is 0 Å². The molecule has 3 aliphatic heterocycles. The summed E-state index contributed by atoms with van der Waals surface area (Å²) < 4.78 is 27.1. The summed E-state index contributed by atoms with van der Waals surface area (Å²) in [6, 6.07) is 10.3. The van der Waals surface area contributed by atoms with Gasteiger partial charge in [0.15, 0.2) is 11.7 Å². The first kappa shape index (κ1) is 20.6. The lowest BCUT2D eigenvalue weighted by atomic mass is 9.76. The van der Waals surface area contributed by atoms with Crippen LogP contribution in [0.15, 0.2) is 47.4 Å². The molecule has 1 fully saturated rings. The van der Waals surface area contributed by atoms with Crippen LogP contribution in [0, 0.1) is 11.2 Å². The third-order valence-corrected chi connectivity index (χ3v) is 7.14. The van der Waals surface area contributed by atoms with Crippen molar-refractivity contribution < 1.29 is 19.0 Å². The molecule has 0 amide bonds. The van der Waals surface area contributed by atoms with E-state index in [4.69, 9.17) is 9.47 Å². The minimum absolute atomic E-state index is 0.0657. The quantitative estimate of drug-likeness (QED) is 0.574. The van der Waals surface area contributed by atoms with E-state index in [-0.39, 0.29) is 22.7 Å². The Bertz CT molecular complexity index is 1340. The normalized spacial score (nSPS) is 22.9. The second-order valence-corrected chi connectivity index (χ2v) is 10.3. The molecule has 5 nitrogen and oxygen atoms in total. The molecule has 3 atom stereocenters. The number of aliphatic hydroxyl groups is 1. The van der Waals surface area contributed by atoms with Crippen LogP contribution in [0.25, 0.3) is 22.4 Å². The van der Waals surface area contributed by atoms with Gasteiger partial charge in [-0.3, -0.25) is 4.79 Å². The van der Waals surface area contributed by atoms with Crippen LogP contribution in [0.4, 0.5) is 4.39 Å². The Morgan fingerprint density at radius 3 is 2.48 bits per heavy atom. The number of hydrogen-bond donors (Lipinski definition) is 1. The van der Waals surface area contributed by atoms with Crippen molar-refractivity contribution in [3.8, 4) is 28.1 Å². The predicted molar refractivity (Wildman–Crippen MR) is 123 cm³/mol. The highest BCUT2D eigenvalue weighted by atomic mass is 19.1. The second kappa shape index (κ2) is 7.02. The third-order valence-electron chi connectivity index (χ3n) is 7.14. The maximum absolute atomic E-state index is 13.6. The molecule has 0 saturated carbocycles. The van der Waals surface area contributed by atoms with Gasteiger partial charge in [-0.05, 0) is 41.2 Å². The van der Waals surface area contributed by atoms with E-state index in [0.29, 0.717) is 12.2 Å². The largest absolute Gasteiger partial charge is 0.492 e. The van der Waals surface area contributed by atoms with Crippen LogP contribution < -0.4 is 10.2 Å². The van der Waals surface area contributed by atoms with Gasteiger partial charge >= 0.3 is 0 Å². The number of nitrogens with zero attached hydrogens (tertiary/aromatic N) is 1. The number of epoxide rings is 1. The lowest BCUT2D eigenvalue weighted by Crippen LogP contribution is -2.32. The molecule has 0 spiro atoms. The molecule has 1 aromatic heterocycles. The Labute approximate surface area is 191 Å². The Kier molecular flexibility index (Phi) is 4.39. The van der Waals surface area contributed by atoms with Gasteiger partial charge in [0.25, 0.3) is 0 Å².